The highest BCUT2D eigenvalue weighted by atomic mass is 16.2. The summed E-state index contributed by atoms with van der Waals surface area (Å²) in [5.74, 6) is 0.177. The molecular weight excluding hydrogens is 238 g/mol. The highest BCUT2D eigenvalue weighted by Crippen LogP contribution is 2.16. The first-order valence-electron chi connectivity index (χ1n) is 6.75. The van der Waals surface area contributed by atoms with Gasteiger partial charge in [0.2, 0.25) is 5.91 Å². The van der Waals surface area contributed by atoms with Crippen LogP contribution < -0.4 is 5.32 Å². The molecule has 0 bridgehead atoms. The van der Waals surface area contributed by atoms with Crippen LogP contribution in [0.5, 0.6) is 0 Å². The third-order valence-corrected chi connectivity index (χ3v) is 3.37. The lowest BCUT2D eigenvalue weighted by molar-refractivity contribution is -0.129. The Hall–Kier alpha value is -1.86. The standard InChI is InChI=1S/C15H19N3O/c1-2-7-17-14-6-8-18(15(14)19)11-13-5-3-4-12(9-13)10-16/h3-5,9,14,17H,2,6-8,11H2,1H3. The average Bonchev–Trinajstić information content (AvgIpc) is 2.78. The lowest BCUT2D eigenvalue weighted by Crippen LogP contribution is -2.38. The van der Waals surface area contributed by atoms with E-state index in [0.717, 1.165) is 31.5 Å². The SMILES string of the molecule is CCCNC1CCN(Cc2cccc(C#N)c2)C1=O. The first-order chi connectivity index (χ1) is 9.24. The first kappa shape index (κ1) is 13.6. The number of nitriles is 1. The minimum absolute atomic E-state index is 0.0286. The molecule has 1 heterocycles. The molecule has 1 N–H and O–H groups in total. The van der Waals surface area contributed by atoms with Gasteiger partial charge in [-0.2, -0.15) is 5.26 Å². The van der Waals surface area contributed by atoms with Gasteiger partial charge in [-0.1, -0.05) is 19.1 Å². The molecule has 1 aromatic rings. The summed E-state index contributed by atoms with van der Waals surface area (Å²) in [7, 11) is 0. The van der Waals surface area contributed by atoms with E-state index in [9.17, 15) is 4.79 Å². The molecule has 4 heteroatoms. The molecule has 0 aromatic heterocycles. The van der Waals surface area contributed by atoms with E-state index in [-0.39, 0.29) is 11.9 Å². The minimum Gasteiger partial charge on any atom is -0.337 e. The van der Waals surface area contributed by atoms with E-state index in [1.807, 2.05) is 23.1 Å². The quantitative estimate of drug-likeness (QED) is 0.872. The van der Waals surface area contributed by atoms with Crippen molar-refractivity contribution in [2.45, 2.75) is 32.4 Å². The summed E-state index contributed by atoms with van der Waals surface area (Å²) in [6, 6.07) is 9.54. The van der Waals surface area contributed by atoms with E-state index in [0.29, 0.717) is 12.1 Å². The molecule has 0 radical (unpaired) electrons. The number of hydrogen-bond acceptors (Lipinski definition) is 3. The number of carbonyl (C=O) groups is 1. The van der Waals surface area contributed by atoms with Gasteiger partial charge in [-0.15, -0.1) is 0 Å². The Kier molecular flexibility index (Phi) is 4.53. The molecule has 100 valence electrons. The molecule has 0 aliphatic carbocycles. The fourth-order valence-electron chi connectivity index (χ4n) is 2.36. The Balaban J connectivity index is 1.97. The topological polar surface area (TPSA) is 56.1 Å². The Bertz CT molecular complexity index is 492. The molecule has 0 saturated carbocycles. The summed E-state index contributed by atoms with van der Waals surface area (Å²) in [4.78, 5) is 14.0. The van der Waals surface area contributed by atoms with Crippen LogP contribution in [0.2, 0.25) is 0 Å². The minimum atomic E-state index is -0.0286. The van der Waals surface area contributed by atoms with Crippen molar-refractivity contribution in [3.8, 4) is 6.07 Å². The van der Waals surface area contributed by atoms with Crippen LogP contribution in [-0.4, -0.2) is 29.9 Å². The molecule has 1 aliphatic heterocycles. The number of benzene rings is 1. The highest BCUT2D eigenvalue weighted by molar-refractivity contribution is 5.83. The van der Waals surface area contributed by atoms with Gasteiger partial charge in [0.05, 0.1) is 17.7 Å². The molecule has 19 heavy (non-hydrogen) atoms. The fourth-order valence-corrected chi connectivity index (χ4v) is 2.36. The third kappa shape index (κ3) is 3.33. The molecule has 2 rings (SSSR count). The average molecular weight is 257 g/mol. The largest absolute Gasteiger partial charge is 0.337 e. The van der Waals surface area contributed by atoms with E-state index in [4.69, 9.17) is 5.26 Å². The van der Waals surface area contributed by atoms with Crippen molar-refractivity contribution >= 4 is 5.91 Å². The molecular formula is C15H19N3O. The van der Waals surface area contributed by atoms with E-state index < -0.39 is 0 Å². The first-order valence-corrected chi connectivity index (χ1v) is 6.75. The zero-order valence-corrected chi connectivity index (χ0v) is 11.2. The Labute approximate surface area is 114 Å². The summed E-state index contributed by atoms with van der Waals surface area (Å²) in [6.45, 7) is 4.36. The second-order valence-corrected chi connectivity index (χ2v) is 4.87. The molecule has 1 amide bonds. The molecule has 1 atom stereocenters. The second kappa shape index (κ2) is 6.35. The van der Waals surface area contributed by atoms with Crippen molar-refractivity contribution in [3.63, 3.8) is 0 Å². The summed E-state index contributed by atoms with van der Waals surface area (Å²) in [6.07, 6.45) is 1.91. The lowest BCUT2D eigenvalue weighted by atomic mass is 10.1. The van der Waals surface area contributed by atoms with E-state index in [1.54, 1.807) is 6.07 Å². The predicted octanol–water partition coefficient (Wildman–Crippen LogP) is 1.66. The summed E-state index contributed by atoms with van der Waals surface area (Å²) in [5.41, 5.74) is 1.66. The number of nitrogens with one attached hydrogen (secondary N) is 1. The van der Waals surface area contributed by atoms with Crippen molar-refractivity contribution in [2.24, 2.45) is 0 Å². The van der Waals surface area contributed by atoms with Gasteiger partial charge in [0.25, 0.3) is 0 Å². The van der Waals surface area contributed by atoms with Crippen LogP contribution in [-0.2, 0) is 11.3 Å². The van der Waals surface area contributed by atoms with Crippen molar-refractivity contribution in [1.29, 1.82) is 5.26 Å². The van der Waals surface area contributed by atoms with Crippen LogP contribution >= 0.6 is 0 Å². The van der Waals surface area contributed by atoms with Crippen LogP contribution in [0.25, 0.3) is 0 Å². The van der Waals surface area contributed by atoms with Gasteiger partial charge < -0.3 is 10.2 Å². The van der Waals surface area contributed by atoms with Crippen molar-refractivity contribution in [2.75, 3.05) is 13.1 Å². The molecule has 1 fully saturated rings. The van der Waals surface area contributed by atoms with E-state index in [1.165, 1.54) is 0 Å². The number of nitrogens with zero attached hydrogens (tertiary/aromatic N) is 2. The summed E-state index contributed by atoms with van der Waals surface area (Å²) < 4.78 is 0. The van der Waals surface area contributed by atoms with Crippen LogP contribution in [0.15, 0.2) is 24.3 Å². The van der Waals surface area contributed by atoms with Gasteiger partial charge in [0, 0.05) is 13.1 Å². The fraction of sp³-hybridized carbons (Fsp3) is 0.467. The number of hydrogen-bond donors (Lipinski definition) is 1. The molecule has 1 unspecified atom stereocenters. The van der Waals surface area contributed by atoms with Crippen LogP contribution in [0.1, 0.15) is 30.9 Å². The third-order valence-electron chi connectivity index (χ3n) is 3.37. The van der Waals surface area contributed by atoms with E-state index in [2.05, 4.69) is 18.3 Å². The number of amides is 1. The lowest BCUT2D eigenvalue weighted by Gasteiger charge is -2.17. The Morgan fingerprint density at radius 2 is 2.37 bits per heavy atom. The molecule has 1 aliphatic rings. The number of carbonyl (C=O) groups excluding carboxylic acids is 1. The maximum atomic E-state index is 12.2. The zero-order chi connectivity index (χ0) is 13.7. The summed E-state index contributed by atoms with van der Waals surface area (Å²) in [5, 5.41) is 12.1. The Morgan fingerprint density at radius 1 is 1.53 bits per heavy atom. The smallest absolute Gasteiger partial charge is 0.240 e. The van der Waals surface area contributed by atoms with Crippen molar-refractivity contribution < 1.29 is 4.79 Å². The maximum Gasteiger partial charge on any atom is 0.240 e. The van der Waals surface area contributed by atoms with Gasteiger partial charge in [-0.05, 0) is 37.1 Å². The van der Waals surface area contributed by atoms with Gasteiger partial charge >= 0.3 is 0 Å². The van der Waals surface area contributed by atoms with Gasteiger partial charge in [-0.25, -0.2) is 0 Å². The van der Waals surface area contributed by atoms with Crippen molar-refractivity contribution in [1.82, 2.24) is 10.2 Å². The van der Waals surface area contributed by atoms with Crippen LogP contribution in [0.3, 0.4) is 0 Å². The summed E-state index contributed by atoms with van der Waals surface area (Å²) >= 11 is 0. The van der Waals surface area contributed by atoms with Crippen LogP contribution in [0.4, 0.5) is 0 Å². The second-order valence-electron chi connectivity index (χ2n) is 4.87. The molecule has 1 saturated heterocycles. The normalized spacial score (nSPS) is 18.6. The van der Waals surface area contributed by atoms with Gasteiger partial charge in [-0.3, -0.25) is 4.79 Å². The molecule has 0 spiro atoms. The van der Waals surface area contributed by atoms with Crippen molar-refractivity contribution in [3.05, 3.63) is 35.4 Å². The molecule has 4 nitrogen and oxygen atoms in total. The zero-order valence-electron chi connectivity index (χ0n) is 11.2. The van der Waals surface area contributed by atoms with Gasteiger partial charge in [0.1, 0.15) is 0 Å². The number of likely N-dealkylation sites (tertiary alicyclic amines) is 1. The monoisotopic (exact) mass is 257 g/mol. The Morgan fingerprint density at radius 3 is 3.11 bits per heavy atom. The van der Waals surface area contributed by atoms with Gasteiger partial charge in [0.15, 0.2) is 0 Å². The van der Waals surface area contributed by atoms with E-state index >= 15 is 0 Å². The predicted molar refractivity (Wildman–Crippen MR) is 73.3 cm³/mol. The maximum absolute atomic E-state index is 12.2. The molecule has 1 aromatic carbocycles. The number of rotatable bonds is 5. The van der Waals surface area contributed by atoms with Crippen LogP contribution in [0, 0.1) is 11.3 Å². The highest BCUT2D eigenvalue weighted by Gasteiger charge is 2.30.